The molecule has 2 aromatic carbocycles. The van der Waals surface area contributed by atoms with Crippen LogP contribution in [0.5, 0.6) is 0 Å². The first-order chi connectivity index (χ1) is 13.9. The Balaban J connectivity index is 2.14. The highest BCUT2D eigenvalue weighted by Gasteiger charge is 2.24. The van der Waals surface area contributed by atoms with Gasteiger partial charge in [0.05, 0.1) is 23.6 Å². The average Bonchev–Trinajstić information content (AvgIpc) is 3.11. The molecule has 0 aliphatic rings. The number of esters is 1. The summed E-state index contributed by atoms with van der Waals surface area (Å²) in [7, 11) is -2.57. The van der Waals surface area contributed by atoms with E-state index < -0.39 is 22.0 Å². The lowest BCUT2D eigenvalue weighted by Gasteiger charge is -2.09. The highest BCUT2D eigenvalue weighted by atomic mass is 32.2. The van der Waals surface area contributed by atoms with Crippen LogP contribution in [0, 0.1) is 6.92 Å². The molecule has 1 heterocycles. The van der Waals surface area contributed by atoms with Crippen LogP contribution in [0.15, 0.2) is 64.7 Å². The van der Waals surface area contributed by atoms with E-state index in [1.807, 2.05) is 6.92 Å². The Morgan fingerprint density at radius 1 is 1.21 bits per heavy atom. The number of methoxy groups -OCH3 is 1. The first-order valence-electron chi connectivity index (χ1n) is 8.91. The third kappa shape index (κ3) is 4.11. The molecule has 0 radical (unpaired) electrons. The standard InChI is InChI=1S/C20H20N4O4S/c1-14-7-9-15(10-8-14)29(26,27)24-13-17(16-5-3-4-6-19(16)24)18(22-23-21)11-12-20(25)28-2/h3-10,13,18H,11-12H2,1-2H3. The largest absolute Gasteiger partial charge is 0.469 e. The van der Waals surface area contributed by atoms with Crippen molar-refractivity contribution in [3.63, 3.8) is 0 Å². The van der Waals surface area contributed by atoms with Gasteiger partial charge in [0.25, 0.3) is 10.0 Å². The van der Waals surface area contributed by atoms with Crippen molar-refractivity contribution in [1.82, 2.24) is 3.97 Å². The summed E-state index contributed by atoms with van der Waals surface area (Å²) in [4.78, 5) is 14.6. The van der Waals surface area contributed by atoms with Crippen molar-refractivity contribution in [2.45, 2.75) is 30.7 Å². The number of aryl methyl sites for hydroxylation is 1. The number of carbonyl (C=O) groups is 1. The van der Waals surface area contributed by atoms with Crippen molar-refractivity contribution in [2.75, 3.05) is 7.11 Å². The second-order valence-corrected chi connectivity index (χ2v) is 8.37. The number of hydrogen-bond donors (Lipinski definition) is 0. The van der Waals surface area contributed by atoms with Gasteiger partial charge < -0.3 is 4.74 Å². The van der Waals surface area contributed by atoms with Crippen LogP contribution in [0.1, 0.15) is 30.0 Å². The minimum absolute atomic E-state index is 0.0460. The van der Waals surface area contributed by atoms with E-state index in [-0.39, 0.29) is 17.7 Å². The molecular formula is C20H20N4O4S. The average molecular weight is 412 g/mol. The van der Waals surface area contributed by atoms with E-state index in [1.165, 1.54) is 17.3 Å². The Morgan fingerprint density at radius 3 is 2.55 bits per heavy atom. The van der Waals surface area contributed by atoms with Crippen LogP contribution in [0.3, 0.4) is 0 Å². The van der Waals surface area contributed by atoms with Crippen LogP contribution >= 0.6 is 0 Å². The van der Waals surface area contributed by atoms with Gasteiger partial charge in [0, 0.05) is 22.9 Å². The molecule has 1 aromatic heterocycles. The van der Waals surface area contributed by atoms with Gasteiger partial charge in [0.2, 0.25) is 0 Å². The second-order valence-electron chi connectivity index (χ2n) is 6.55. The van der Waals surface area contributed by atoms with E-state index in [2.05, 4.69) is 14.8 Å². The molecule has 1 atom stereocenters. The number of nitrogens with zero attached hydrogens (tertiary/aromatic N) is 4. The predicted octanol–water partition coefficient (Wildman–Crippen LogP) is 4.49. The lowest BCUT2D eigenvalue weighted by Crippen LogP contribution is -2.12. The number of para-hydroxylation sites is 1. The second kappa shape index (κ2) is 8.38. The van der Waals surface area contributed by atoms with Crippen LogP contribution in [-0.2, 0) is 19.6 Å². The summed E-state index contributed by atoms with van der Waals surface area (Å²) in [6.07, 6.45) is 1.72. The molecule has 0 aliphatic carbocycles. The molecular weight excluding hydrogens is 392 g/mol. The smallest absolute Gasteiger partial charge is 0.305 e. The number of rotatable bonds is 7. The number of benzene rings is 2. The third-order valence-electron chi connectivity index (χ3n) is 4.69. The van der Waals surface area contributed by atoms with E-state index in [1.54, 1.807) is 48.5 Å². The maximum Gasteiger partial charge on any atom is 0.305 e. The number of ether oxygens (including phenoxy) is 1. The lowest BCUT2D eigenvalue weighted by molar-refractivity contribution is -0.140. The highest BCUT2D eigenvalue weighted by Crippen LogP contribution is 2.34. The zero-order valence-corrected chi connectivity index (χ0v) is 16.8. The first-order valence-corrected chi connectivity index (χ1v) is 10.4. The Morgan fingerprint density at radius 2 is 1.90 bits per heavy atom. The van der Waals surface area contributed by atoms with E-state index in [0.29, 0.717) is 16.5 Å². The Bertz CT molecular complexity index is 1190. The summed E-state index contributed by atoms with van der Waals surface area (Å²) in [6.45, 7) is 1.88. The zero-order valence-electron chi connectivity index (χ0n) is 16.0. The lowest BCUT2D eigenvalue weighted by atomic mass is 10.0. The highest BCUT2D eigenvalue weighted by molar-refractivity contribution is 7.90. The quantitative estimate of drug-likeness (QED) is 0.246. The molecule has 0 spiro atoms. The van der Waals surface area contributed by atoms with Gasteiger partial charge in [-0.1, -0.05) is 41.0 Å². The fraction of sp³-hybridized carbons (Fsp3) is 0.250. The van der Waals surface area contributed by atoms with Crippen molar-refractivity contribution in [3.05, 3.63) is 76.3 Å². The normalized spacial score (nSPS) is 12.3. The van der Waals surface area contributed by atoms with E-state index in [9.17, 15) is 13.2 Å². The van der Waals surface area contributed by atoms with E-state index in [4.69, 9.17) is 5.53 Å². The maximum absolute atomic E-state index is 13.3. The summed E-state index contributed by atoms with van der Waals surface area (Å²) in [5.41, 5.74) is 10.9. The van der Waals surface area contributed by atoms with Crippen molar-refractivity contribution in [3.8, 4) is 0 Å². The van der Waals surface area contributed by atoms with Gasteiger partial charge in [-0.3, -0.25) is 4.79 Å². The summed E-state index contributed by atoms with van der Waals surface area (Å²) < 4.78 is 32.4. The molecule has 3 rings (SSSR count). The van der Waals surface area contributed by atoms with Crippen LogP contribution in [0.25, 0.3) is 21.3 Å². The van der Waals surface area contributed by atoms with Gasteiger partial charge in [0.1, 0.15) is 0 Å². The Hall–Kier alpha value is -3.29. The molecule has 0 bridgehead atoms. The summed E-state index contributed by atoms with van der Waals surface area (Å²) in [5.74, 6) is -0.431. The summed E-state index contributed by atoms with van der Waals surface area (Å²) in [5, 5.41) is 4.44. The first kappa shape index (κ1) is 20.4. The van der Waals surface area contributed by atoms with Gasteiger partial charge >= 0.3 is 5.97 Å². The van der Waals surface area contributed by atoms with Crippen molar-refractivity contribution >= 4 is 26.9 Å². The maximum atomic E-state index is 13.3. The van der Waals surface area contributed by atoms with Gasteiger partial charge in [-0.05, 0) is 42.6 Å². The Kier molecular flexibility index (Phi) is 5.91. The minimum atomic E-state index is -3.86. The predicted molar refractivity (Wildman–Crippen MR) is 109 cm³/mol. The number of fused-ring (bicyclic) bond motifs is 1. The van der Waals surface area contributed by atoms with Gasteiger partial charge in [-0.2, -0.15) is 0 Å². The molecule has 1 unspecified atom stereocenters. The van der Waals surface area contributed by atoms with Crippen LogP contribution in [0.4, 0.5) is 0 Å². The van der Waals surface area contributed by atoms with Gasteiger partial charge in [0.15, 0.2) is 0 Å². The van der Waals surface area contributed by atoms with Crippen LogP contribution < -0.4 is 0 Å². The molecule has 3 aromatic rings. The molecule has 0 N–H and O–H groups in total. The van der Waals surface area contributed by atoms with Crippen LogP contribution in [-0.4, -0.2) is 25.5 Å². The molecule has 0 aliphatic heterocycles. The SMILES string of the molecule is COC(=O)CCC(N=[N+]=[N-])c1cn(S(=O)(=O)c2ccc(C)cc2)c2ccccc12. The number of carbonyl (C=O) groups excluding carboxylic acids is 1. The molecule has 0 amide bonds. The molecule has 150 valence electrons. The van der Waals surface area contributed by atoms with Crippen LogP contribution in [0.2, 0.25) is 0 Å². The molecule has 0 fully saturated rings. The fourth-order valence-corrected chi connectivity index (χ4v) is 4.54. The van der Waals surface area contributed by atoms with Crippen molar-refractivity contribution in [1.29, 1.82) is 0 Å². The molecule has 8 nitrogen and oxygen atoms in total. The van der Waals surface area contributed by atoms with E-state index in [0.717, 1.165) is 5.56 Å². The van der Waals surface area contributed by atoms with Gasteiger partial charge in [-0.15, -0.1) is 0 Å². The van der Waals surface area contributed by atoms with E-state index >= 15 is 0 Å². The molecule has 0 saturated carbocycles. The zero-order chi connectivity index (χ0) is 21.0. The number of hydrogen-bond acceptors (Lipinski definition) is 5. The van der Waals surface area contributed by atoms with Crippen molar-refractivity contribution in [2.24, 2.45) is 5.11 Å². The number of aromatic nitrogens is 1. The monoisotopic (exact) mass is 412 g/mol. The number of azide groups is 1. The minimum Gasteiger partial charge on any atom is -0.469 e. The molecule has 9 heteroatoms. The third-order valence-corrected chi connectivity index (χ3v) is 6.37. The van der Waals surface area contributed by atoms with Crippen molar-refractivity contribution < 1.29 is 17.9 Å². The van der Waals surface area contributed by atoms with Gasteiger partial charge in [-0.25, -0.2) is 12.4 Å². The summed E-state index contributed by atoms with van der Waals surface area (Å²) in [6, 6.07) is 12.9. The molecule has 29 heavy (non-hydrogen) atoms. The molecule has 0 saturated heterocycles. The summed E-state index contributed by atoms with van der Waals surface area (Å²) >= 11 is 0. The fourth-order valence-electron chi connectivity index (χ4n) is 3.16. The topological polar surface area (TPSA) is 114 Å². The Labute approximate surface area is 168 Å².